The van der Waals surface area contributed by atoms with E-state index in [1.807, 2.05) is 33.9 Å². The Labute approximate surface area is 127 Å². The monoisotopic (exact) mass is 337 g/mol. The molecule has 0 amide bonds. The third-order valence-corrected chi connectivity index (χ3v) is 4.47. The molecule has 1 aromatic heterocycles. The number of para-hydroxylation sites is 1. The van der Waals surface area contributed by atoms with Gasteiger partial charge in [0.25, 0.3) is 0 Å². The molecule has 1 N–H and O–H groups in total. The smallest absolute Gasteiger partial charge is 0.312 e. The van der Waals surface area contributed by atoms with Crippen molar-refractivity contribution in [1.82, 2.24) is 3.59 Å². The lowest BCUT2D eigenvalue weighted by Crippen LogP contribution is -2.13. The summed E-state index contributed by atoms with van der Waals surface area (Å²) in [5, 5.41) is 10.6. The molecule has 2 rings (SSSR count). The fraction of sp³-hybridized carbons (Fsp3) is 0.438. The van der Waals surface area contributed by atoms with Gasteiger partial charge in [-0.3, -0.25) is 8.39 Å². The molecular weight excluding hydrogens is 318 g/mol. The van der Waals surface area contributed by atoms with Crippen molar-refractivity contribution >= 4 is 33.0 Å². The Bertz CT molecular complexity index is 591. The molecule has 0 spiro atoms. The molecule has 2 aromatic rings. The number of halogens is 1. The number of carbonyl (C=O) groups is 1. The zero-order valence-electron chi connectivity index (χ0n) is 11.7. The lowest BCUT2D eigenvalue weighted by atomic mass is 9.97. The van der Waals surface area contributed by atoms with Crippen molar-refractivity contribution in [3.63, 3.8) is 0 Å². The molecule has 3 nitrogen and oxygen atoms in total. The number of aliphatic carboxylic acids is 1. The van der Waals surface area contributed by atoms with Gasteiger partial charge in [-0.25, -0.2) is 0 Å². The van der Waals surface area contributed by atoms with Crippen LogP contribution in [0.4, 0.5) is 0 Å². The van der Waals surface area contributed by atoms with Gasteiger partial charge in [0.05, 0.1) is 27.6 Å². The topological polar surface area (TPSA) is 42.2 Å². The van der Waals surface area contributed by atoms with Gasteiger partial charge in [-0.05, 0) is 18.6 Å². The van der Waals surface area contributed by atoms with Crippen LogP contribution in [0, 0.1) is 0 Å². The molecule has 0 radical (unpaired) electrons. The molecule has 0 aliphatic carbocycles. The Morgan fingerprint density at radius 3 is 2.70 bits per heavy atom. The van der Waals surface area contributed by atoms with E-state index < -0.39 is 11.9 Å². The van der Waals surface area contributed by atoms with Crippen LogP contribution in [0.1, 0.15) is 50.6 Å². The molecule has 0 saturated carbocycles. The Hall–Kier alpha value is -1.29. The molecule has 4 heteroatoms. The molecule has 20 heavy (non-hydrogen) atoms. The summed E-state index contributed by atoms with van der Waals surface area (Å²) in [5.41, 5.74) is 1.84. The van der Waals surface area contributed by atoms with Gasteiger partial charge in [-0.1, -0.05) is 50.8 Å². The van der Waals surface area contributed by atoms with Crippen molar-refractivity contribution in [2.45, 2.75) is 44.9 Å². The van der Waals surface area contributed by atoms with Crippen LogP contribution in [0.5, 0.6) is 0 Å². The van der Waals surface area contributed by atoms with Gasteiger partial charge >= 0.3 is 5.97 Å². The van der Waals surface area contributed by atoms with Gasteiger partial charge in [0, 0.05) is 11.1 Å². The Morgan fingerprint density at radius 2 is 2.05 bits per heavy atom. The van der Waals surface area contributed by atoms with Crippen LogP contribution >= 0.6 is 16.1 Å². The lowest BCUT2D eigenvalue weighted by Gasteiger charge is -2.12. The third-order valence-electron chi connectivity index (χ3n) is 3.68. The molecule has 0 fully saturated rings. The highest BCUT2D eigenvalue weighted by atomic mass is 79.9. The zero-order chi connectivity index (χ0) is 14.5. The van der Waals surface area contributed by atoms with Gasteiger partial charge in [0.2, 0.25) is 0 Å². The molecule has 108 valence electrons. The predicted molar refractivity (Wildman–Crippen MR) is 85.4 cm³/mol. The van der Waals surface area contributed by atoms with E-state index in [1.165, 1.54) is 6.42 Å². The third kappa shape index (κ3) is 3.23. The molecule has 1 atom stereocenters. The van der Waals surface area contributed by atoms with Gasteiger partial charge in [-0.2, -0.15) is 0 Å². The first kappa shape index (κ1) is 15.1. The van der Waals surface area contributed by atoms with Crippen LogP contribution in [0.15, 0.2) is 30.3 Å². The standard InChI is InChI=1S/C16H20BrNO2/c1-2-3-4-5-9-13(16(19)20)15-11-12-8-6-7-10-14(12)18(15)17/h6-8,10-11,13H,2-5,9H2,1H3,(H,19,20). The number of carboxylic acid groups (broad SMARTS) is 1. The van der Waals surface area contributed by atoms with Crippen molar-refractivity contribution in [3.05, 3.63) is 36.0 Å². The second-order valence-electron chi connectivity index (χ2n) is 5.15. The van der Waals surface area contributed by atoms with Crippen molar-refractivity contribution in [2.75, 3.05) is 0 Å². The highest BCUT2D eigenvalue weighted by Crippen LogP contribution is 2.30. The van der Waals surface area contributed by atoms with Crippen LogP contribution in [0.3, 0.4) is 0 Å². The van der Waals surface area contributed by atoms with Gasteiger partial charge in [0.15, 0.2) is 0 Å². The molecule has 0 aliphatic rings. The van der Waals surface area contributed by atoms with E-state index in [4.69, 9.17) is 0 Å². The Balaban J connectivity index is 2.23. The van der Waals surface area contributed by atoms with Crippen LogP contribution in [-0.4, -0.2) is 14.7 Å². The maximum atomic E-state index is 11.6. The van der Waals surface area contributed by atoms with E-state index in [2.05, 4.69) is 23.1 Å². The summed E-state index contributed by atoms with van der Waals surface area (Å²) >= 11 is 3.50. The van der Waals surface area contributed by atoms with Crippen molar-refractivity contribution in [3.8, 4) is 0 Å². The number of rotatable bonds is 7. The minimum atomic E-state index is -0.745. The molecule has 0 bridgehead atoms. The van der Waals surface area contributed by atoms with E-state index in [1.54, 1.807) is 0 Å². The van der Waals surface area contributed by atoms with E-state index in [0.29, 0.717) is 6.42 Å². The summed E-state index contributed by atoms with van der Waals surface area (Å²) < 4.78 is 1.83. The number of hydrogen-bond donors (Lipinski definition) is 1. The maximum absolute atomic E-state index is 11.6. The Kier molecular flexibility index (Phi) is 5.24. The SMILES string of the molecule is CCCCCCC(C(=O)O)c1cc2ccccc2n1Br. The Morgan fingerprint density at radius 1 is 1.30 bits per heavy atom. The summed E-state index contributed by atoms with van der Waals surface area (Å²) in [6.45, 7) is 2.16. The van der Waals surface area contributed by atoms with E-state index >= 15 is 0 Å². The number of aromatic nitrogens is 1. The first-order chi connectivity index (χ1) is 9.65. The van der Waals surface area contributed by atoms with Crippen LogP contribution in [0.25, 0.3) is 10.9 Å². The number of hydrogen-bond acceptors (Lipinski definition) is 1. The fourth-order valence-electron chi connectivity index (χ4n) is 2.55. The highest BCUT2D eigenvalue weighted by molar-refractivity contribution is 9.08. The molecule has 1 unspecified atom stereocenters. The number of unbranched alkanes of at least 4 members (excludes halogenated alkanes) is 3. The summed E-state index contributed by atoms with van der Waals surface area (Å²) in [6.07, 6.45) is 5.08. The number of nitrogens with zero attached hydrogens (tertiary/aromatic N) is 1. The number of fused-ring (bicyclic) bond motifs is 1. The number of benzene rings is 1. The van der Waals surface area contributed by atoms with Crippen molar-refractivity contribution < 1.29 is 9.90 Å². The normalized spacial score (nSPS) is 12.7. The molecular formula is C16H20BrNO2. The van der Waals surface area contributed by atoms with E-state index in [0.717, 1.165) is 35.9 Å². The van der Waals surface area contributed by atoms with Crippen molar-refractivity contribution in [1.29, 1.82) is 0 Å². The van der Waals surface area contributed by atoms with Gasteiger partial charge in [0.1, 0.15) is 0 Å². The molecule has 1 heterocycles. The summed E-state index contributed by atoms with van der Waals surface area (Å²) in [5.74, 6) is -1.19. The van der Waals surface area contributed by atoms with Gasteiger partial charge < -0.3 is 5.11 Å². The van der Waals surface area contributed by atoms with Crippen LogP contribution in [-0.2, 0) is 4.79 Å². The summed E-state index contributed by atoms with van der Waals surface area (Å²) in [7, 11) is 0. The largest absolute Gasteiger partial charge is 0.481 e. The second kappa shape index (κ2) is 6.93. The lowest BCUT2D eigenvalue weighted by molar-refractivity contribution is -0.139. The summed E-state index contributed by atoms with van der Waals surface area (Å²) in [6, 6.07) is 9.90. The number of carboxylic acids is 1. The first-order valence-electron chi connectivity index (χ1n) is 7.14. The van der Waals surface area contributed by atoms with Gasteiger partial charge in [-0.15, -0.1) is 0 Å². The van der Waals surface area contributed by atoms with E-state index in [9.17, 15) is 9.90 Å². The average molecular weight is 338 g/mol. The predicted octanol–water partition coefficient (Wildman–Crippen LogP) is 4.94. The highest BCUT2D eigenvalue weighted by Gasteiger charge is 2.23. The average Bonchev–Trinajstić information content (AvgIpc) is 2.76. The van der Waals surface area contributed by atoms with E-state index in [-0.39, 0.29) is 0 Å². The maximum Gasteiger partial charge on any atom is 0.312 e. The summed E-state index contributed by atoms with van der Waals surface area (Å²) in [4.78, 5) is 11.6. The van der Waals surface area contributed by atoms with Crippen LogP contribution < -0.4 is 0 Å². The molecule has 0 aliphatic heterocycles. The van der Waals surface area contributed by atoms with Crippen LogP contribution in [0.2, 0.25) is 0 Å². The molecule has 1 aromatic carbocycles. The zero-order valence-corrected chi connectivity index (χ0v) is 13.3. The van der Waals surface area contributed by atoms with Crippen molar-refractivity contribution in [2.24, 2.45) is 0 Å². The quantitative estimate of drug-likeness (QED) is 0.727. The second-order valence-corrected chi connectivity index (χ2v) is 5.86. The minimum absolute atomic E-state index is 0.446. The first-order valence-corrected chi connectivity index (χ1v) is 7.85. The molecule has 0 saturated heterocycles. The fourth-order valence-corrected chi connectivity index (χ4v) is 3.23. The minimum Gasteiger partial charge on any atom is -0.481 e.